The molecule has 0 saturated carbocycles. The third-order valence-corrected chi connectivity index (χ3v) is 5.55. The molecule has 0 bridgehead atoms. The fraction of sp³-hybridized carbons (Fsp3) is 0.409. The van der Waals surface area contributed by atoms with Crippen LogP contribution in [-0.2, 0) is 16.1 Å². The molecule has 3 atom stereocenters. The highest BCUT2D eigenvalue weighted by molar-refractivity contribution is 5.96. The largest absolute Gasteiger partial charge is 0.375 e. The molecular formula is C22H25N3O3. The normalized spacial score (nSPS) is 23.5. The number of carbonyl (C=O) groups is 2. The minimum Gasteiger partial charge on any atom is -0.375 e. The van der Waals surface area contributed by atoms with E-state index in [1.54, 1.807) is 12.4 Å². The van der Waals surface area contributed by atoms with Crippen LogP contribution >= 0.6 is 0 Å². The molecule has 6 heteroatoms. The number of hydrogen-bond donors (Lipinski definition) is 1. The standard InChI is InChI=1S/C22H25N3O3/c1-14-8-15(2)10-17(9-14)22(27)25-13-18(20-19(25)5-7-28-20)21(26)24-12-16-4-3-6-23-11-16/h3-4,6,8-11,18-20H,5,7,12-13H2,1-2H3,(H,24,26)/t18-,19-,20-/m0/s1. The summed E-state index contributed by atoms with van der Waals surface area (Å²) in [4.78, 5) is 31.9. The molecule has 2 fully saturated rings. The number of aromatic nitrogens is 1. The maximum atomic E-state index is 13.2. The van der Waals surface area contributed by atoms with Crippen LogP contribution in [0.5, 0.6) is 0 Å². The van der Waals surface area contributed by atoms with Gasteiger partial charge in [0.1, 0.15) is 0 Å². The molecule has 2 aliphatic rings. The first kappa shape index (κ1) is 18.6. The summed E-state index contributed by atoms with van der Waals surface area (Å²) in [5, 5.41) is 2.97. The number of likely N-dealkylation sites (tertiary alicyclic amines) is 1. The van der Waals surface area contributed by atoms with Crippen molar-refractivity contribution in [3.8, 4) is 0 Å². The monoisotopic (exact) mass is 379 g/mol. The molecule has 0 aliphatic carbocycles. The highest BCUT2D eigenvalue weighted by Crippen LogP contribution is 2.34. The molecule has 2 amide bonds. The summed E-state index contributed by atoms with van der Waals surface area (Å²) in [5.41, 5.74) is 3.75. The topological polar surface area (TPSA) is 71.5 Å². The van der Waals surface area contributed by atoms with Gasteiger partial charge in [0.25, 0.3) is 5.91 Å². The molecule has 28 heavy (non-hydrogen) atoms. The van der Waals surface area contributed by atoms with Gasteiger partial charge in [0.05, 0.1) is 18.1 Å². The second-order valence-corrected chi connectivity index (χ2v) is 7.71. The molecule has 146 valence electrons. The first-order chi connectivity index (χ1) is 13.5. The first-order valence-electron chi connectivity index (χ1n) is 9.70. The summed E-state index contributed by atoms with van der Waals surface area (Å²) in [6.07, 6.45) is 3.98. The van der Waals surface area contributed by atoms with Gasteiger partial charge in [-0.15, -0.1) is 0 Å². The van der Waals surface area contributed by atoms with E-state index < -0.39 is 0 Å². The van der Waals surface area contributed by atoms with Crippen molar-refractivity contribution >= 4 is 11.8 Å². The zero-order valence-electron chi connectivity index (χ0n) is 16.2. The van der Waals surface area contributed by atoms with Gasteiger partial charge >= 0.3 is 0 Å². The van der Waals surface area contributed by atoms with Gasteiger partial charge in [0.15, 0.2) is 0 Å². The Balaban J connectivity index is 1.48. The van der Waals surface area contributed by atoms with E-state index in [4.69, 9.17) is 4.74 Å². The van der Waals surface area contributed by atoms with E-state index in [1.165, 1.54) is 0 Å². The third kappa shape index (κ3) is 3.64. The van der Waals surface area contributed by atoms with Crippen molar-refractivity contribution in [2.75, 3.05) is 13.2 Å². The number of carbonyl (C=O) groups excluding carboxylic acids is 2. The van der Waals surface area contributed by atoms with Crippen LogP contribution in [0.2, 0.25) is 0 Å². The van der Waals surface area contributed by atoms with Gasteiger partial charge in [-0.1, -0.05) is 23.3 Å². The quantitative estimate of drug-likeness (QED) is 0.884. The highest BCUT2D eigenvalue weighted by Gasteiger charge is 2.50. The van der Waals surface area contributed by atoms with Crippen LogP contribution in [0, 0.1) is 19.8 Å². The Bertz CT molecular complexity index is 864. The third-order valence-electron chi connectivity index (χ3n) is 5.55. The fourth-order valence-corrected chi connectivity index (χ4v) is 4.32. The lowest BCUT2D eigenvalue weighted by Gasteiger charge is -2.23. The maximum Gasteiger partial charge on any atom is 0.254 e. The molecule has 3 heterocycles. The predicted molar refractivity (Wildman–Crippen MR) is 105 cm³/mol. The average Bonchev–Trinajstić information content (AvgIpc) is 3.28. The molecule has 2 aromatic rings. The van der Waals surface area contributed by atoms with Crippen LogP contribution in [-0.4, -0.2) is 47.0 Å². The van der Waals surface area contributed by atoms with Gasteiger partial charge < -0.3 is 15.0 Å². The van der Waals surface area contributed by atoms with Crippen molar-refractivity contribution in [1.29, 1.82) is 0 Å². The van der Waals surface area contributed by atoms with Crippen molar-refractivity contribution < 1.29 is 14.3 Å². The molecule has 1 aromatic carbocycles. The number of benzene rings is 1. The lowest BCUT2D eigenvalue weighted by atomic mass is 10.0. The smallest absolute Gasteiger partial charge is 0.254 e. The Morgan fingerprint density at radius 2 is 2.04 bits per heavy atom. The number of ether oxygens (including phenoxy) is 1. The van der Waals surface area contributed by atoms with Gasteiger partial charge in [-0.2, -0.15) is 0 Å². The van der Waals surface area contributed by atoms with Gasteiger partial charge in [-0.25, -0.2) is 0 Å². The number of pyridine rings is 1. The van der Waals surface area contributed by atoms with Crippen LogP contribution in [0.1, 0.15) is 33.5 Å². The predicted octanol–water partition coefficient (Wildman–Crippen LogP) is 2.24. The molecular weight excluding hydrogens is 354 g/mol. The fourth-order valence-electron chi connectivity index (χ4n) is 4.32. The zero-order chi connectivity index (χ0) is 19.7. The average molecular weight is 379 g/mol. The molecule has 4 rings (SSSR count). The van der Waals surface area contributed by atoms with E-state index in [0.29, 0.717) is 25.3 Å². The van der Waals surface area contributed by atoms with E-state index in [1.807, 2.05) is 43.0 Å². The molecule has 1 aromatic heterocycles. The van der Waals surface area contributed by atoms with Crippen molar-refractivity contribution in [1.82, 2.24) is 15.2 Å². The molecule has 1 N–H and O–H groups in total. The van der Waals surface area contributed by atoms with E-state index >= 15 is 0 Å². The van der Waals surface area contributed by atoms with Crippen molar-refractivity contribution in [3.05, 3.63) is 65.0 Å². The van der Waals surface area contributed by atoms with Gasteiger partial charge in [0.2, 0.25) is 5.91 Å². The number of amides is 2. The maximum absolute atomic E-state index is 13.2. The molecule has 0 spiro atoms. The molecule has 2 aliphatic heterocycles. The minimum atomic E-state index is -0.348. The molecule has 0 unspecified atom stereocenters. The molecule has 6 nitrogen and oxygen atoms in total. The number of hydrogen-bond acceptors (Lipinski definition) is 4. The summed E-state index contributed by atoms with van der Waals surface area (Å²) in [6, 6.07) is 9.61. The number of fused-ring (bicyclic) bond motifs is 1. The van der Waals surface area contributed by atoms with Crippen molar-refractivity contribution in [2.24, 2.45) is 5.92 Å². The van der Waals surface area contributed by atoms with Crippen LogP contribution < -0.4 is 5.32 Å². The van der Waals surface area contributed by atoms with E-state index in [-0.39, 0.29) is 29.9 Å². The summed E-state index contributed by atoms with van der Waals surface area (Å²) in [6.45, 7) is 5.37. The SMILES string of the molecule is Cc1cc(C)cc(C(=O)N2C[C@H](C(=O)NCc3cccnc3)[C@@H]3OCC[C@@H]32)c1. The van der Waals surface area contributed by atoms with Crippen LogP contribution in [0.3, 0.4) is 0 Å². The summed E-state index contributed by atoms with van der Waals surface area (Å²) >= 11 is 0. The Labute approximate surface area is 164 Å². The Morgan fingerprint density at radius 3 is 2.75 bits per heavy atom. The molecule has 0 radical (unpaired) electrons. The van der Waals surface area contributed by atoms with Crippen LogP contribution in [0.15, 0.2) is 42.7 Å². The van der Waals surface area contributed by atoms with E-state index in [2.05, 4.69) is 16.4 Å². The number of nitrogens with one attached hydrogen (secondary N) is 1. The lowest BCUT2D eigenvalue weighted by molar-refractivity contribution is -0.127. The van der Waals surface area contributed by atoms with Gasteiger partial charge in [-0.05, 0) is 44.0 Å². The van der Waals surface area contributed by atoms with Crippen molar-refractivity contribution in [2.45, 2.75) is 39.0 Å². The summed E-state index contributed by atoms with van der Waals surface area (Å²) in [7, 11) is 0. The number of aryl methyl sites for hydroxylation is 2. The van der Waals surface area contributed by atoms with Gasteiger partial charge in [0, 0.05) is 37.7 Å². The van der Waals surface area contributed by atoms with E-state index in [9.17, 15) is 9.59 Å². The van der Waals surface area contributed by atoms with Crippen molar-refractivity contribution in [3.63, 3.8) is 0 Å². The van der Waals surface area contributed by atoms with Gasteiger partial charge in [-0.3, -0.25) is 14.6 Å². The van der Waals surface area contributed by atoms with Crippen LogP contribution in [0.25, 0.3) is 0 Å². The Kier molecular flexibility index (Phi) is 5.13. The van der Waals surface area contributed by atoms with E-state index in [0.717, 1.165) is 23.1 Å². The second-order valence-electron chi connectivity index (χ2n) is 7.71. The molecule has 2 saturated heterocycles. The number of nitrogens with zero attached hydrogens (tertiary/aromatic N) is 2. The summed E-state index contributed by atoms with van der Waals surface area (Å²) < 4.78 is 5.86. The second kappa shape index (κ2) is 7.72. The zero-order valence-corrected chi connectivity index (χ0v) is 16.2. The van der Waals surface area contributed by atoms with Crippen LogP contribution in [0.4, 0.5) is 0 Å². The minimum absolute atomic E-state index is 0.0186. The highest BCUT2D eigenvalue weighted by atomic mass is 16.5. The Morgan fingerprint density at radius 1 is 1.25 bits per heavy atom. The summed E-state index contributed by atoms with van der Waals surface area (Å²) in [5.74, 6) is -0.439. The Hall–Kier alpha value is -2.73. The number of rotatable bonds is 4. The lowest BCUT2D eigenvalue weighted by Crippen LogP contribution is -2.37. The first-order valence-corrected chi connectivity index (χ1v) is 9.70.